The summed E-state index contributed by atoms with van der Waals surface area (Å²) < 4.78 is 10.4. The minimum atomic E-state index is -0.233. The van der Waals surface area contributed by atoms with Gasteiger partial charge in [-0.25, -0.2) is 0 Å². The van der Waals surface area contributed by atoms with Gasteiger partial charge in [-0.05, 0) is 160 Å². The molecule has 0 radical (unpaired) electrons. The number of ether oxygens (including phenoxy) is 1. The molecule has 0 aliphatic carbocycles. The van der Waals surface area contributed by atoms with Gasteiger partial charge in [-0.3, -0.25) is 0 Å². The van der Waals surface area contributed by atoms with Gasteiger partial charge in [0.25, 0.3) is 13.4 Å². The molecule has 462 valence electrons. The van der Waals surface area contributed by atoms with Crippen LogP contribution in [0.15, 0.2) is 364 Å². The summed E-state index contributed by atoms with van der Waals surface area (Å²) in [6, 6.07) is 133. The van der Waals surface area contributed by atoms with E-state index in [0.29, 0.717) is 0 Å². The Labute approximate surface area is 575 Å². The second kappa shape index (κ2) is 22.9. The van der Waals surface area contributed by atoms with Gasteiger partial charge >= 0.3 is 0 Å². The average molecular weight is 1260 g/mol. The number of nitrogens with zero attached hydrogens (tertiary/aromatic N) is 6. The maximum atomic E-state index is 7.92. The summed E-state index contributed by atoms with van der Waals surface area (Å²) in [6.07, 6.45) is 0. The number of rotatable bonds is 11. The molecule has 0 N–H and O–H groups in total. The summed E-state index contributed by atoms with van der Waals surface area (Å²) in [5.74, 6) is 1.62. The van der Waals surface area contributed by atoms with E-state index in [0.717, 1.165) is 136 Å². The number of para-hydroxylation sites is 12. The number of hydrogen-bond donors (Lipinski definition) is 0. The average Bonchev–Trinajstić information content (AvgIpc) is 1.23. The quantitative estimate of drug-likeness (QED) is 0.120. The summed E-state index contributed by atoms with van der Waals surface area (Å²) >= 11 is 0. The zero-order valence-electron chi connectivity index (χ0n) is 53.9. The molecule has 0 saturated carbocycles. The van der Waals surface area contributed by atoms with Crippen molar-refractivity contribution in [2.45, 2.75) is 0 Å². The van der Waals surface area contributed by atoms with Gasteiger partial charge in [-0.2, -0.15) is 0 Å². The van der Waals surface area contributed by atoms with Crippen molar-refractivity contribution < 1.29 is 4.74 Å². The largest absolute Gasteiger partial charge is 0.458 e. The molecule has 15 aromatic carbocycles. The van der Waals surface area contributed by atoms with Crippen molar-refractivity contribution in [2.24, 2.45) is 0 Å². The second-order valence-corrected chi connectivity index (χ2v) is 25.9. The Morgan fingerprint density at radius 2 is 0.657 bits per heavy atom. The molecule has 0 unspecified atom stereocenters. The third-order valence-electron chi connectivity index (χ3n) is 20.5. The smallest absolute Gasteiger partial charge is 0.256 e. The van der Waals surface area contributed by atoms with Gasteiger partial charge in [0, 0.05) is 108 Å². The maximum absolute atomic E-state index is 7.92. The van der Waals surface area contributed by atoms with Crippen LogP contribution < -0.4 is 62.0 Å². The highest BCUT2D eigenvalue weighted by Crippen LogP contribution is 2.53. The lowest BCUT2D eigenvalue weighted by Crippen LogP contribution is -2.64. The van der Waals surface area contributed by atoms with E-state index in [4.69, 9.17) is 4.74 Å². The minimum absolute atomic E-state index is 0.220. The first-order valence-corrected chi connectivity index (χ1v) is 34.1. The van der Waals surface area contributed by atoms with Crippen LogP contribution in [-0.4, -0.2) is 18.0 Å². The fourth-order valence-corrected chi connectivity index (χ4v) is 16.5. The van der Waals surface area contributed by atoms with Crippen molar-refractivity contribution in [1.29, 1.82) is 0 Å². The van der Waals surface area contributed by atoms with E-state index < -0.39 is 0 Å². The van der Waals surface area contributed by atoms with Crippen molar-refractivity contribution in [1.82, 2.24) is 4.57 Å². The van der Waals surface area contributed by atoms with Crippen LogP contribution in [0.1, 0.15) is 0 Å². The van der Waals surface area contributed by atoms with Crippen LogP contribution in [0.4, 0.5) is 85.3 Å². The van der Waals surface area contributed by atoms with Crippen LogP contribution >= 0.6 is 0 Å². The Hall–Kier alpha value is -13.0. The summed E-state index contributed by atoms with van der Waals surface area (Å²) in [5.41, 5.74) is 28.6. The van der Waals surface area contributed by atoms with Crippen LogP contribution in [0.3, 0.4) is 0 Å². The topological polar surface area (TPSA) is 30.4 Å². The van der Waals surface area contributed by atoms with Crippen LogP contribution in [0, 0.1) is 0 Å². The Morgan fingerprint density at radius 1 is 0.242 bits per heavy atom. The lowest BCUT2D eigenvalue weighted by Gasteiger charge is -2.46. The molecular weight excluding hydrogens is 1200 g/mol. The number of anilines is 15. The van der Waals surface area contributed by atoms with E-state index in [1.807, 2.05) is 0 Å². The first-order chi connectivity index (χ1) is 49.2. The summed E-state index contributed by atoms with van der Waals surface area (Å²) in [6.45, 7) is -0.453. The zero-order chi connectivity index (χ0) is 65.1. The molecule has 4 aliphatic heterocycles. The zero-order valence-corrected chi connectivity index (χ0v) is 53.9. The summed E-state index contributed by atoms with van der Waals surface area (Å²) in [4.78, 5) is 12.3. The molecule has 0 spiro atoms. The first kappa shape index (κ1) is 56.4. The maximum Gasteiger partial charge on any atom is 0.256 e. The van der Waals surface area contributed by atoms with E-state index in [-0.39, 0.29) is 13.4 Å². The molecule has 1 aromatic heterocycles. The van der Waals surface area contributed by atoms with Gasteiger partial charge in [0.15, 0.2) is 0 Å². The van der Waals surface area contributed by atoms with Crippen molar-refractivity contribution in [2.75, 3.05) is 24.5 Å². The van der Waals surface area contributed by atoms with E-state index in [1.54, 1.807) is 0 Å². The molecule has 0 saturated heterocycles. The van der Waals surface area contributed by atoms with E-state index in [9.17, 15) is 0 Å². The van der Waals surface area contributed by atoms with E-state index >= 15 is 0 Å². The molecule has 20 rings (SSSR count). The number of fused-ring (bicyclic) bond motifs is 11. The SMILES string of the molecule is c1ccc(N(c2ccccc2)c2cc3c4c(c2)N(c2ccccc2)c2ccccc2B4c2cc4c(cc2O3)N(c2ccccc2-c2cccc3c5ccccc5n(-c5ccccc5)c23)c2cc(N(c3ccccc3)c3ccccc3)cc3c2B4c2ccccc2N3c2ccccc2)cc1. The molecule has 4 aliphatic rings. The number of aromatic nitrogens is 1. The first-order valence-electron chi connectivity index (χ1n) is 34.1. The van der Waals surface area contributed by atoms with Crippen molar-refractivity contribution in [3.8, 4) is 28.3 Å². The predicted molar refractivity (Wildman–Crippen MR) is 415 cm³/mol. The van der Waals surface area contributed by atoms with Gasteiger partial charge < -0.3 is 33.8 Å². The Bertz CT molecular complexity index is 5740. The normalized spacial score (nSPS) is 12.8. The molecule has 0 fully saturated rings. The van der Waals surface area contributed by atoms with Crippen molar-refractivity contribution >= 4 is 153 Å². The molecule has 5 heterocycles. The molecule has 0 amide bonds. The minimum Gasteiger partial charge on any atom is -0.458 e. The van der Waals surface area contributed by atoms with Gasteiger partial charge in [0.1, 0.15) is 11.5 Å². The molecule has 16 aromatic rings. The Kier molecular flexibility index (Phi) is 13.0. The monoisotopic (exact) mass is 1260 g/mol. The van der Waals surface area contributed by atoms with Crippen molar-refractivity contribution in [3.05, 3.63) is 364 Å². The number of hydrogen-bond acceptors (Lipinski definition) is 6. The fraction of sp³-hybridized carbons (Fsp3) is 0. The second-order valence-electron chi connectivity index (χ2n) is 25.9. The van der Waals surface area contributed by atoms with Gasteiger partial charge in [0.2, 0.25) is 0 Å². The van der Waals surface area contributed by atoms with Crippen LogP contribution in [0.25, 0.3) is 38.6 Å². The Morgan fingerprint density at radius 3 is 1.21 bits per heavy atom. The molecular formula is C90H60B2N6O. The van der Waals surface area contributed by atoms with Gasteiger partial charge in [0.05, 0.1) is 28.1 Å². The summed E-state index contributed by atoms with van der Waals surface area (Å²) in [5, 5.41) is 2.39. The lowest BCUT2D eigenvalue weighted by molar-refractivity contribution is 0.488. The molecule has 0 bridgehead atoms. The Balaban J connectivity index is 0.904. The third kappa shape index (κ3) is 8.87. The highest BCUT2D eigenvalue weighted by Gasteiger charge is 2.48. The van der Waals surface area contributed by atoms with Gasteiger partial charge in [-0.1, -0.05) is 224 Å². The standard InChI is InChI=1S/C90H60B2N6O/c1-8-31-61(32-9-1)93(62-33-10-2-11-34-62)68-55-83-88-84(56-68)98(79-52-27-23-46-71(79)73-48-30-47-72-70-45-22-26-51-78(70)97(90(72)73)67-43-20-7-21-44-67)82-60-86-77(59-76(82)91(88)74-49-24-28-53-80(74)95(83)65-39-16-5-17-40-65)92-75-50-25-29-54-81(75)96(66-41-18-6-19-42-66)85-57-69(58-87(99-86)89(85)92)94(63-35-12-3-13-36-63)64-37-14-4-15-38-64/h1-60H. The highest BCUT2D eigenvalue weighted by molar-refractivity contribution is 7.02. The lowest BCUT2D eigenvalue weighted by atomic mass is 9.30. The molecule has 9 heteroatoms. The van der Waals surface area contributed by atoms with Gasteiger partial charge in [-0.15, -0.1) is 0 Å². The van der Waals surface area contributed by atoms with Crippen LogP contribution in [0.5, 0.6) is 11.5 Å². The van der Waals surface area contributed by atoms with Crippen molar-refractivity contribution in [3.63, 3.8) is 0 Å². The van der Waals surface area contributed by atoms with Crippen LogP contribution in [0.2, 0.25) is 0 Å². The van der Waals surface area contributed by atoms with E-state index in [2.05, 4.69) is 393 Å². The number of benzene rings is 15. The fourth-order valence-electron chi connectivity index (χ4n) is 16.5. The highest BCUT2D eigenvalue weighted by atomic mass is 16.5. The molecule has 7 nitrogen and oxygen atoms in total. The summed E-state index contributed by atoms with van der Waals surface area (Å²) in [7, 11) is 0. The van der Waals surface area contributed by atoms with Crippen LogP contribution in [-0.2, 0) is 0 Å². The third-order valence-corrected chi connectivity index (χ3v) is 20.5. The predicted octanol–water partition coefficient (Wildman–Crippen LogP) is 19.9. The molecule has 99 heavy (non-hydrogen) atoms. The van der Waals surface area contributed by atoms with E-state index in [1.165, 1.54) is 32.6 Å². The molecule has 0 atom stereocenters.